The number of hydrogen-bond donors (Lipinski definition) is 3. The zero-order chi connectivity index (χ0) is 30.5. The summed E-state index contributed by atoms with van der Waals surface area (Å²) in [4.78, 5) is 37.1. The minimum Gasteiger partial charge on any atom is -0.506 e. The summed E-state index contributed by atoms with van der Waals surface area (Å²) in [5.41, 5.74) is 4.07. The van der Waals surface area contributed by atoms with Crippen LogP contribution in [0.3, 0.4) is 0 Å². The number of benzene rings is 2. The van der Waals surface area contributed by atoms with Gasteiger partial charge in [-0.25, -0.2) is 9.78 Å². The lowest BCUT2D eigenvalue weighted by Crippen LogP contribution is -2.47. The third-order valence-corrected chi connectivity index (χ3v) is 10.0. The third kappa shape index (κ3) is 5.92. The number of para-hydroxylation sites is 2. The van der Waals surface area contributed by atoms with Crippen LogP contribution < -0.4 is 15.5 Å². The highest BCUT2D eigenvalue weighted by Gasteiger charge is 2.48. The first-order chi connectivity index (χ1) is 20.4. The van der Waals surface area contributed by atoms with Crippen LogP contribution in [0.25, 0.3) is 0 Å². The fourth-order valence-corrected chi connectivity index (χ4v) is 8.17. The molecule has 1 spiro atoms. The average Bonchev–Trinajstić information content (AvgIpc) is 3.50. The summed E-state index contributed by atoms with van der Waals surface area (Å²) >= 11 is 8.28. The first kappa shape index (κ1) is 29.7. The first-order valence-corrected chi connectivity index (χ1v) is 16.0. The number of rotatable bonds is 4. The van der Waals surface area contributed by atoms with E-state index in [0.717, 1.165) is 54.3 Å². The molecule has 0 unspecified atom stereocenters. The second kappa shape index (κ2) is 11.3. The molecule has 2 aromatic carbocycles. The van der Waals surface area contributed by atoms with Gasteiger partial charge in [0.05, 0.1) is 29.3 Å². The van der Waals surface area contributed by atoms with Crippen molar-refractivity contribution < 1.29 is 14.7 Å². The van der Waals surface area contributed by atoms with Gasteiger partial charge in [-0.15, -0.1) is 0 Å². The minimum absolute atomic E-state index is 0.0379. The molecule has 3 aliphatic rings. The smallest absolute Gasteiger partial charge is 0.325 e. The Morgan fingerprint density at radius 3 is 2.56 bits per heavy atom. The van der Waals surface area contributed by atoms with Gasteiger partial charge in [0.15, 0.2) is 5.13 Å². The molecule has 3 aromatic rings. The van der Waals surface area contributed by atoms with E-state index in [0.29, 0.717) is 47.6 Å². The van der Waals surface area contributed by atoms with Crippen molar-refractivity contribution in [1.82, 2.24) is 14.8 Å². The Kier molecular flexibility index (Phi) is 7.81. The zero-order valence-corrected chi connectivity index (χ0v) is 26.7. The van der Waals surface area contributed by atoms with E-state index in [-0.39, 0.29) is 22.5 Å². The lowest BCUT2D eigenvalue weighted by Gasteiger charge is -2.42. The molecule has 0 radical (unpaired) electrons. The van der Waals surface area contributed by atoms with Crippen molar-refractivity contribution in [3.8, 4) is 5.75 Å². The second-order valence-corrected chi connectivity index (χ2v) is 14.7. The SMILES string of the molecule is CC(=O)N1CCc2nc(NC(=O)Nc3ccccc3N3CC4(CCN(CC(C)(C)C)CC4)c4c(Cl)ccc(O)c43)sc2C1. The Bertz CT molecular complexity index is 1560. The van der Waals surface area contributed by atoms with Crippen molar-refractivity contribution >= 4 is 57.1 Å². The van der Waals surface area contributed by atoms with Crippen molar-refractivity contribution in [1.29, 1.82) is 0 Å². The molecule has 9 nitrogen and oxygen atoms in total. The van der Waals surface area contributed by atoms with Crippen LogP contribution in [0.1, 0.15) is 56.7 Å². The fourth-order valence-electron chi connectivity index (χ4n) is 6.80. The summed E-state index contributed by atoms with van der Waals surface area (Å²) in [6.45, 7) is 13.1. The van der Waals surface area contributed by atoms with Crippen molar-refractivity contribution in [2.75, 3.05) is 48.3 Å². The van der Waals surface area contributed by atoms with Crippen molar-refractivity contribution in [3.05, 3.63) is 57.6 Å². The van der Waals surface area contributed by atoms with Gasteiger partial charge >= 0.3 is 6.03 Å². The Morgan fingerprint density at radius 2 is 1.84 bits per heavy atom. The van der Waals surface area contributed by atoms with Gasteiger partial charge in [0, 0.05) is 53.9 Å². The van der Waals surface area contributed by atoms with Crippen molar-refractivity contribution in [2.45, 2.75) is 58.9 Å². The van der Waals surface area contributed by atoms with E-state index < -0.39 is 6.03 Å². The number of amides is 3. The largest absolute Gasteiger partial charge is 0.506 e. The first-order valence-electron chi connectivity index (χ1n) is 14.9. The highest BCUT2D eigenvalue weighted by molar-refractivity contribution is 7.15. The molecular weight excluding hydrogens is 584 g/mol. The molecule has 1 saturated heterocycles. The van der Waals surface area contributed by atoms with E-state index in [1.54, 1.807) is 24.0 Å². The molecule has 6 rings (SSSR count). The molecule has 3 amide bonds. The van der Waals surface area contributed by atoms with Crippen LogP contribution in [0.5, 0.6) is 5.75 Å². The molecule has 0 saturated carbocycles. The van der Waals surface area contributed by atoms with Crippen LogP contribution in [0.4, 0.5) is 27.0 Å². The molecule has 3 aliphatic heterocycles. The molecule has 228 valence electrons. The van der Waals surface area contributed by atoms with Crippen LogP contribution >= 0.6 is 22.9 Å². The number of phenolic OH excluding ortho intramolecular Hbond substituents is 1. The number of hydrogen-bond acceptors (Lipinski definition) is 7. The van der Waals surface area contributed by atoms with Crippen LogP contribution in [0.2, 0.25) is 5.02 Å². The van der Waals surface area contributed by atoms with Gasteiger partial charge in [0.1, 0.15) is 5.75 Å². The van der Waals surface area contributed by atoms with Gasteiger partial charge < -0.3 is 25.1 Å². The van der Waals surface area contributed by atoms with Gasteiger partial charge in [-0.2, -0.15) is 0 Å². The molecule has 11 heteroatoms. The number of carbonyl (C=O) groups is 2. The number of urea groups is 1. The Balaban J connectivity index is 1.24. The predicted molar refractivity (Wildman–Crippen MR) is 173 cm³/mol. The molecule has 43 heavy (non-hydrogen) atoms. The van der Waals surface area contributed by atoms with Crippen molar-refractivity contribution in [3.63, 3.8) is 0 Å². The molecule has 0 bridgehead atoms. The van der Waals surface area contributed by atoms with Gasteiger partial charge in [0.2, 0.25) is 5.91 Å². The summed E-state index contributed by atoms with van der Waals surface area (Å²) in [7, 11) is 0. The maximum atomic E-state index is 13.2. The lowest BCUT2D eigenvalue weighted by atomic mass is 9.74. The zero-order valence-electron chi connectivity index (χ0n) is 25.2. The van der Waals surface area contributed by atoms with Gasteiger partial charge in [-0.3, -0.25) is 10.1 Å². The van der Waals surface area contributed by atoms with E-state index in [1.807, 2.05) is 24.3 Å². The molecule has 0 atom stereocenters. The third-order valence-electron chi connectivity index (χ3n) is 8.72. The lowest BCUT2D eigenvalue weighted by molar-refractivity contribution is -0.129. The highest BCUT2D eigenvalue weighted by atomic mass is 35.5. The van der Waals surface area contributed by atoms with Crippen LogP contribution in [-0.2, 0) is 23.2 Å². The van der Waals surface area contributed by atoms with Crippen LogP contribution in [-0.4, -0.2) is 64.6 Å². The van der Waals surface area contributed by atoms with E-state index in [2.05, 4.69) is 46.2 Å². The van der Waals surface area contributed by atoms with Gasteiger partial charge in [0.25, 0.3) is 0 Å². The highest BCUT2D eigenvalue weighted by Crippen LogP contribution is 2.56. The van der Waals surface area contributed by atoms with E-state index >= 15 is 0 Å². The number of fused-ring (bicyclic) bond motifs is 3. The number of anilines is 4. The molecular formula is C32H39ClN6O3S. The number of piperidine rings is 1. The maximum absolute atomic E-state index is 13.2. The van der Waals surface area contributed by atoms with Crippen LogP contribution in [0, 0.1) is 5.41 Å². The molecule has 3 N–H and O–H groups in total. The number of phenols is 1. The summed E-state index contributed by atoms with van der Waals surface area (Å²) in [5, 5.41) is 18.2. The molecule has 1 aromatic heterocycles. The summed E-state index contributed by atoms with van der Waals surface area (Å²) < 4.78 is 0. The summed E-state index contributed by atoms with van der Waals surface area (Å²) in [5.74, 6) is 0.219. The number of halogens is 1. The Labute approximate surface area is 261 Å². The fraction of sp³-hybridized carbons (Fsp3) is 0.469. The predicted octanol–water partition coefficient (Wildman–Crippen LogP) is 6.58. The summed E-state index contributed by atoms with van der Waals surface area (Å²) in [6.07, 6.45) is 2.54. The molecule has 0 aliphatic carbocycles. The summed E-state index contributed by atoms with van der Waals surface area (Å²) in [6, 6.07) is 10.7. The standard InChI is InChI=1S/C32H39ClN6O3S/c1-20(40)38-14-11-23-26(17-38)43-30(35-23)36-29(42)34-22-7-5-6-8-24(22)39-19-32(27-21(33)9-10-25(41)28(27)39)12-15-37(16-13-32)18-31(2,3)4/h5-10,41H,11-19H2,1-4H3,(H2,34,35,36,42). The minimum atomic E-state index is -0.401. The molecule has 4 heterocycles. The van der Waals surface area contributed by atoms with Gasteiger partial charge in [-0.05, 0) is 55.6 Å². The number of likely N-dealkylation sites (tertiary alicyclic amines) is 1. The number of carbonyl (C=O) groups excluding carboxylic acids is 2. The Hall–Kier alpha value is -3.34. The maximum Gasteiger partial charge on any atom is 0.325 e. The van der Waals surface area contributed by atoms with E-state index in [1.165, 1.54) is 11.3 Å². The number of nitrogens with zero attached hydrogens (tertiary/aromatic N) is 4. The number of aromatic hydroxyl groups is 1. The number of thiazole rings is 1. The topological polar surface area (TPSA) is 101 Å². The quantitative estimate of drug-likeness (QED) is 0.304. The number of nitrogens with one attached hydrogen (secondary N) is 2. The average molecular weight is 623 g/mol. The Morgan fingerprint density at radius 1 is 1.09 bits per heavy atom. The number of aromatic nitrogens is 1. The monoisotopic (exact) mass is 622 g/mol. The van der Waals surface area contributed by atoms with Crippen molar-refractivity contribution in [2.24, 2.45) is 5.41 Å². The van der Waals surface area contributed by atoms with E-state index in [9.17, 15) is 14.7 Å². The molecule has 1 fully saturated rings. The van der Waals surface area contributed by atoms with E-state index in [4.69, 9.17) is 11.6 Å². The van der Waals surface area contributed by atoms with Crippen LogP contribution in [0.15, 0.2) is 36.4 Å². The second-order valence-electron chi connectivity index (χ2n) is 13.2. The normalized spacial score (nSPS) is 18.0. The van der Waals surface area contributed by atoms with Gasteiger partial charge in [-0.1, -0.05) is 55.8 Å².